The maximum atomic E-state index is 12.9. The Balaban J connectivity index is 4.27. The highest BCUT2D eigenvalue weighted by molar-refractivity contribution is 6.00. The van der Waals surface area contributed by atoms with Crippen LogP contribution in [0.15, 0.2) is 0 Å². The minimum absolute atomic E-state index is 0.0444. The SMILES string of the molecule is CCCCCCCCCCCCNC(=O)CCC(C(=O)NCCCCCCCCCCCC)C(=O)NCCCC(=O)O. The van der Waals surface area contributed by atoms with E-state index in [-0.39, 0.29) is 37.6 Å². The summed E-state index contributed by atoms with van der Waals surface area (Å²) in [6, 6.07) is 0. The zero-order chi connectivity index (χ0) is 31.1. The van der Waals surface area contributed by atoms with E-state index in [0.717, 1.165) is 32.1 Å². The Morgan fingerprint density at radius 2 is 0.833 bits per heavy atom. The Hall–Kier alpha value is -2.12. The van der Waals surface area contributed by atoms with Crippen molar-refractivity contribution in [1.29, 1.82) is 0 Å². The second-order valence-corrected chi connectivity index (χ2v) is 11.9. The highest BCUT2D eigenvalue weighted by atomic mass is 16.4. The predicted molar refractivity (Wildman–Crippen MR) is 172 cm³/mol. The van der Waals surface area contributed by atoms with Gasteiger partial charge in [-0.1, -0.05) is 129 Å². The average Bonchev–Trinajstić information content (AvgIpc) is 2.96. The molecule has 4 N–H and O–H groups in total. The van der Waals surface area contributed by atoms with Crippen LogP contribution in [0.4, 0.5) is 0 Å². The molecule has 1 atom stereocenters. The number of nitrogens with one attached hydrogen (secondary N) is 3. The number of carbonyl (C=O) groups excluding carboxylic acids is 3. The summed E-state index contributed by atoms with van der Waals surface area (Å²) in [4.78, 5) is 48.8. The van der Waals surface area contributed by atoms with Crippen LogP contribution in [-0.4, -0.2) is 48.4 Å². The molecular formula is C34H65N3O5. The van der Waals surface area contributed by atoms with Gasteiger partial charge in [-0.2, -0.15) is 0 Å². The predicted octanol–water partition coefficient (Wildman–Crippen LogP) is 7.44. The number of hydrogen-bond acceptors (Lipinski definition) is 4. The first kappa shape index (κ1) is 39.9. The second-order valence-electron chi connectivity index (χ2n) is 11.9. The van der Waals surface area contributed by atoms with Crippen molar-refractivity contribution in [2.24, 2.45) is 5.92 Å². The van der Waals surface area contributed by atoms with Crippen molar-refractivity contribution < 1.29 is 24.3 Å². The van der Waals surface area contributed by atoms with Gasteiger partial charge in [-0.15, -0.1) is 0 Å². The number of amides is 3. The summed E-state index contributed by atoms with van der Waals surface area (Å²) in [5.41, 5.74) is 0. The molecule has 0 aliphatic heterocycles. The molecule has 0 bridgehead atoms. The van der Waals surface area contributed by atoms with E-state index in [1.54, 1.807) is 0 Å². The summed E-state index contributed by atoms with van der Waals surface area (Å²) in [5, 5.41) is 17.3. The van der Waals surface area contributed by atoms with E-state index >= 15 is 0 Å². The standard InChI is InChI=1S/C34H65N3O5/c1-3-5-7-9-11-13-15-17-19-21-27-35-31(38)26-25-30(34(42)37-29-23-24-32(39)40)33(41)36-28-22-20-18-16-14-12-10-8-6-4-2/h30H,3-29H2,1-2H3,(H,35,38)(H,36,41)(H,37,42)(H,39,40). The van der Waals surface area contributed by atoms with Crippen LogP contribution in [0.5, 0.6) is 0 Å². The molecule has 8 heteroatoms. The fourth-order valence-electron chi connectivity index (χ4n) is 5.11. The van der Waals surface area contributed by atoms with Gasteiger partial charge in [-0.3, -0.25) is 19.2 Å². The molecular weight excluding hydrogens is 530 g/mol. The third-order valence-electron chi connectivity index (χ3n) is 7.84. The molecule has 0 aromatic heterocycles. The van der Waals surface area contributed by atoms with Gasteiger partial charge in [0.1, 0.15) is 5.92 Å². The highest BCUT2D eigenvalue weighted by Gasteiger charge is 2.26. The Labute approximate surface area is 257 Å². The molecule has 0 saturated heterocycles. The van der Waals surface area contributed by atoms with Gasteiger partial charge in [0.2, 0.25) is 17.7 Å². The lowest BCUT2D eigenvalue weighted by Gasteiger charge is -2.17. The molecule has 0 aliphatic rings. The minimum atomic E-state index is -0.957. The summed E-state index contributed by atoms with van der Waals surface area (Å²) < 4.78 is 0. The smallest absolute Gasteiger partial charge is 0.303 e. The number of carbonyl (C=O) groups is 4. The number of unbranched alkanes of at least 4 members (excludes halogenated alkanes) is 18. The normalized spacial score (nSPS) is 11.7. The van der Waals surface area contributed by atoms with E-state index < -0.39 is 17.8 Å². The van der Waals surface area contributed by atoms with E-state index in [1.807, 2.05) is 0 Å². The molecule has 42 heavy (non-hydrogen) atoms. The topological polar surface area (TPSA) is 125 Å². The second kappa shape index (κ2) is 30.3. The molecule has 0 radical (unpaired) electrons. The third kappa shape index (κ3) is 26.8. The summed E-state index contributed by atoms with van der Waals surface area (Å²) in [6.07, 6.45) is 25.0. The van der Waals surface area contributed by atoms with E-state index in [1.165, 1.54) is 96.3 Å². The largest absolute Gasteiger partial charge is 0.481 e. The monoisotopic (exact) mass is 595 g/mol. The van der Waals surface area contributed by atoms with Crippen molar-refractivity contribution >= 4 is 23.7 Å². The first-order chi connectivity index (χ1) is 20.4. The van der Waals surface area contributed by atoms with Gasteiger partial charge >= 0.3 is 5.97 Å². The fourth-order valence-corrected chi connectivity index (χ4v) is 5.11. The molecule has 0 aliphatic carbocycles. The van der Waals surface area contributed by atoms with E-state index in [2.05, 4.69) is 29.8 Å². The average molecular weight is 596 g/mol. The number of hydrogen-bond donors (Lipinski definition) is 4. The van der Waals surface area contributed by atoms with Crippen molar-refractivity contribution in [3.05, 3.63) is 0 Å². The van der Waals surface area contributed by atoms with Crippen LogP contribution >= 0.6 is 0 Å². The molecule has 0 aromatic rings. The maximum absolute atomic E-state index is 12.9. The van der Waals surface area contributed by atoms with Crippen LogP contribution in [0.25, 0.3) is 0 Å². The van der Waals surface area contributed by atoms with Gasteiger partial charge in [-0.25, -0.2) is 0 Å². The Bertz CT molecular complexity index is 686. The maximum Gasteiger partial charge on any atom is 0.303 e. The van der Waals surface area contributed by atoms with Crippen molar-refractivity contribution in [2.45, 2.75) is 168 Å². The lowest BCUT2D eigenvalue weighted by Crippen LogP contribution is -2.42. The number of carboxylic acid groups (broad SMARTS) is 1. The lowest BCUT2D eigenvalue weighted by atomic mass is 10.00. The lowest BCUT2D eigenvalue weighted by molar-refractivity contribution is -0.138. The third-order valence-corrected chi connectivity index (χ3v) is 7.84. The Morgan fingerprint density at radius 1 is 0.476 bits per heavy atom. The molecule has 0 aromatic carbocycles. The number of aliphatic carboxylic acids is 1. The summed E-state index contributed by atoms with van der Waals surface area (Å²) in [7, 11) is 0. The van der Waals surface area contributed by atoms with Gasteiger partial charge < -0.3 is 21.1 Å². The van der Waals surface area contributed by atoms with Crippen LogP contribution < -0.4 is 16.0 Å². The molecule has 0 rings (SSSR count). The van der Waals surface area contributed by atoms with Gasteiger partial charge in [0.25, 0.3) is 0 Å². The Morgan fingerprint density at radius 3 is 1.24 bits per heavy atom. The molecule has 0 spiro atoms. The quantitative estimate of drug-likeness (QED) is 0.0490. The van der Waals surface area contributed by atoms with Gasteiger partial charge in [0, 0.05) is 32.5 Å². The van der Waals surface area contributed by atoms with Crippen molar-refractivity contribution in [2.75, 3.05) is 19.6 Å². The van der Waals surface area contributed by atoms with E-state index in [0.29, 0.717) is 19.5 Å². The van der Waals surface area contributed by atoms with Crippen molar-refractivity contribution in [3.8, 4) is 0 Å². The van der Waals surface area contributed by atoms with Crippen LogP contribution in [0.3, 0.4) is 0 Å². The van der Waals surface area contributed by atoms with Crippen molar-refractivity contribution in [1.82, 2.24) is 16.0 Å². The van der Waals surface area contributed by atoms with Gasteiger partial charge in [-0.05, 0) is 25.7 Å². The molecule has 0 saturated carbocycles. The Kier molecular flexibility index (Phi) is 28.8. The van der Waals surface area contributed by atoms with Crippen molar-refractivity contribution in [3.63, 3.8) is 0 Å². The zero-order valence-corrected chi connectivity index (χ0v) is 27.2. The van der Waals surface area contributed by atoms with E-state index in [9.17, 15) is 19.2 Å². The van der Waals surface area contributed by atoms with Crippen LogP contribution in [0.1, 0.15) is 168 Å². The summed E-state index contributed by atoms with van der Waals surface area (Å²) in [5.74, 6) is -2.82. The number of rotatable bonds is 31. The first-order valence-electron chi connectivity index (χ1n) is 17.5. The van der Waals surface area contributed by atoms with Crippen LogP contribution in [0.2, 0.25) is 0 Å². The van der Waals surface area contributed by atoms with Gasteiger partial charge in [0.05, 0.1) is 0 Å². The summed E-state index contributed by atoms with van der Waals surface area (Å²) in [6.45, 7) is 5.79. The molecule has 0 heterocycles. The molecule has 246 valence electrons. The fraction of sp³-hybridized carbons (Fsp3) is 0.882. The highest BCUT2D eigenvalue weighted by Crippen LogP contribution is 2.12. The summed E-state index contributed by atoms with van der Waals surface area (Å²) >= 11 is 0. The van der Waals surface area contributed by atoms with Crippen LogP contribution in [0, 0.1) is 5.92 Å². The van der Waals surface area contributed by atoms with Gasteiger partial charge in [0.15, 0.2) is 0 Å². The minimum Gasteiger partial charge on any atom is -0.481 e. The van der Waals surface area contributed by atoms with Crippen LogP contribution in [-0.2, 0) is 19.2 Å². The number of carboxylic acids is 1. The molecule has 8 nitrogen and oxygen atoms in total. The zero-order valence-electron chi connectivity index (χ0n) is 27.2. The molecule has 1 unspecified atom stereocenters. The first-order valence-corrected chi connectivity index (χ1v) is 17.5. The molecule has 0 fully saturated rings. The van der Waals surface area contributed by atoms with E-state index in [4.69, 9.17) is 5.11 Å². The molecule has 3 amide bonds.